The Hall–Kier alpha value is -1.09. The molecule has 0 radical (unpaired) electrons. The number of hydrogen-bond acceptors (Lipinski definition) is 3. The Kier molecular flexibility index (Phi) is 4.00. The molecule has 2 rings (SSSR count). The summed E-state index contributed by atoms with van der Waals surface area (Å²) in [6.45, 7) is 4.60. The van der Waals surface area contributed by atoms with Gasteiger partial charge in [0.15, 0.2) is 0 Å². The van der Waals surface area contributed by atoms with E-state index in [9.17, 15) is 0 Å². The molecule has 0 bridgehead atoms. The van der Waals surface area contributed by atoms with E-state index in [4.69, 9.17) is 9.84 Å². The second kappa shape index (κ2) is 5.50. The smallest absolute Gasteiger partial charge is 0.213 e. The molecule has 17 heavy (non-hydrogen) atoms. The highest BCUT2D eigenvalue weighted by atomic mass is 16.5. The number of nitrogens with zero attached hydrogens (tertiary/aromatic N) is 1. The monoisotopic (exact) mass is 235 g/mol. The second-order valence-electron chi connectivity index (χ2n) is 5.32. The van der Waals surface area contributed by atoms with Gasteiger partial charge in [-0.05, 0) is 42.7 Å². The van der Waals surface area contributed by atoms with E-state index >= 15 is 0 Å². The highest BCUT2D eigenvalue weighted by Gasteiger charge is 2.25. The first-order valence-electron chi connectivity index (χ1n) is 6.39. The van der Waals surface area contributed by atoms with Gasteiger partial charge >= 0.3 is 0 Å². The lowest BCUT2D eigenvalue weighted by Gasteiger charge is -2.31. The first-order chi connectivity index (χ1) is 8.17. The number of hydrogen-bond donors (Lipinski definition) is 1. The summed E-state index contributed by atoms with van der Waals surface area (Å²) in [6, 6.07) is 3.70. The molecule has 0 aliphatic heterocycles. The normalized spacial score (nSPS) is 29.0. The zero-order valence-electron chi connectivity index (χ0n) is 10.6. The zero-order chi connectivity index (χ0) is 12.3. The SMILES string of the molecule is CC1CC(C)CC(Oc2ccc(CO)cn2)C1. The third kappa shape index (κ3) is 3.43. The highest BCUT2D eigenvalue weighted by molar-refractivity contribution is 5.17. The van der Waals surface area contributed by atoms with E-state index in [1.54, 1.807) is 6.20 Å². The molecule has 2 unspecified atom stereocenters. The van der Waals surface area contributed by atoms with Crippen molar-refractivity contribution in [2.75, 3.05) is 0 Å². The Morgan fingerprint density at radius 2 is 1.94 bits per heavy atom. The van der Waals surface area contributed by atoms with Crippen LogP contribution in [0.4, 0.5) is 0 Å². The van der Waals surface area contributed by atoms with Gasteiger partial charge in [-0.15, -0.1) is 0 Å². The maximum atomic E-state index is 8.94. The van der Waals surface area contributed by atoms with Crippen LogP contribution in [0.15, 0.2) is 18.3 Å². The molecule has 3 heteroatoms. The van der Waals surface area contributed by atoms with Crippen molar-refractivity contribution in [2.45, 2.75) is 45.8 Å². The topological polar surface area (TPSA) is 42.4 Å². The molecular weight excluding hydrogens is 214 g/mol. The molecule has 1 N–H and O–H groups in total. The molecule has 1 fully saturated rings. The third-order valence-electron chi connectivity index (χ3n) is 3.40. The van der Waals surface area contributed by atoms with E-state index < -0.39 is 0 Å². The lowest BCUT2D eigenvalue weighted by atomic mass is 9.82. The molecule has 1 aromatic heterocycles. The molecule has 2 atom stereocenters. The molecule has 3 nitrogen and oxygen atoms in total. The van der Waals surface area contributed by atoms with Gasteiger partial charge in [0.25, 0.3) is 0 Å². The summed E-state index contributed by atoms with van der Waals surface area (Å²) in [5.41, 5.74) is 0.822. The predicted octanol–water partition coefficient (Wildman–Crippen LogP) is 2.78. The molecule has 1 aromatic rings. The fourth-order valence-corrected chi connectivity index (χ4v) is 2.71. The van der Waals surface area contributed by atoms with Gasteiger partial charge in [-0.3, -0.25) is 0 Å². The van der Waals surface area contributed by atoms with Gasteiger partial charge in [0, 0.05) is 12.3 Å². The maximum Gasteiger partial charge on any atom is 0.213 e. The van der Waals surface area contributed by atoms with Gasteiger partial charge in [0.05, 0.1) is 6.61 Å². The van der Waals surface area contributed by atoms with E-state index in [-0.39, 0.29) is 6.61 Å². The summed E-state index contributed by atoms with van der Waals surface area (Å²) in [7, 11) is 0. The van der Waals surface area contributed by atoms with Crippen molar-refractivity contribution in [3.63, 3.8) is 0 Å². The molecule has 0 spiro atoms. The van der Waals surface area contributed by atoms with Crippen molar-refractivity contribution in [3.05, 3.63) is 23.9 Å². The molecule has 1 aliphatic carbocycles. The van der Waals surface area contributed by atoms with Crippen LogP contribution in [0.5, 0.6) is 5.88 Å². The van der Waals surface area contributed by atoms with E-state index in [0.29, 0.717) is 12.0 Å². The Bertz CT molecular complexity index is 340. The average molecular weight is 235 g/mol. The fourth-order valence-electron chi connectivity index (χ4n) is 2.71. The number of ether oxygens (including phenoxy) is 1. The lowest BCUT2D eigenvalue weighted by molar-refractivity contribution is 0.0966. The van der Waals surface area contributed by atoms with Crippen LogP contribution in [0.25, 0.3) is 0 Å². The van der Waals surface area contributed by atoms with E-state index in [0.717, 1.165) is 30.2 Å². The Labute approximate surface area is 103 Å². The first kappa shape index (κ1) is 12.4. The van der Waals surface area contributed by atoms with E-state index in [1.165, 1.54) is 6.42 Å². The van der Waals surface area contributed by atoms with E-state index in [1.807, 2.05) is 12.1 Å². The van der Waals surface area contributed by atoms with Crippen molar-refractivity contribution >= 4 is 0 Å². The maximum absolute atomic E-state index is 8.94. The predicted molar refractivity (Wildman–Crippen MR) is 66.8 cm³/mol. The van der Waals surface area contributed by atoms with Gasteiger partial charge in [0.2, 0.25) is 5.88 Å². The van der Waals surface area contributed by atoms with Gasteiger partial charge in [-0.25, -0.2) is 4.98 Å². The van der Waals surface area contributed by atoms with Crippen molar-refractivity contribution in [1.29, 1.82) is 0 Å². The van der Waals surface area contributed by atoms with Gasteiger partial charge < -0.3 is 9.84 Å². The van der Waals surface area contributed by atoms with Crippen LogP contribution in [-0.4, -0.2) is 16.2 Å². The number of rotatable bonds is 3. The van der Waals surface area contributed by atoms with Crippen LogP contribution in [0.2, 0.25) is 0 Å². The van der Waals surface area contributed by atoms with Gasteiger partial charge in [0.1, 0.15) is 6.10 Å². The van der Waals surface area contributed by atoms with Crippen LogP contribution in [0, 0.1) is 11.8 Å². The van der Waals surface area contributed by atoms with Crippen LogP contribution < -0.4 is 4.74 Å². The molecule has 0 saturated heterocycles. The quantitative estimate of drug-likeness (QED) is 0.876. The molecule has 1 saturated carbocycles. The minimum Gasteiger partial charge on any atom is -0.474 e. The first-order valence-corrected chi connectivity index (χ1v) is 6.39. The fraction of sp³-hybridized carbons (Fsp3) is 0.643. The minimum absolute atomic E-state index is 0.0325. The Balaban J connectivity index is 1.95. The zero-order valence-corrected chi connectivity index (χ0v) is 10.6. The largest absolute Gasteiger partial charge is 0.474 e. The van der Waals surface area contributed by atoms with Crippen LogP contribution in [0.1, 0.15) is 38.7 Å². The van der Waals surface area contributed by atoms with Crippen LogP contribution >= 0.6 is 0 Å². The summed E-state index contributed by atoms with van der Waals surface area (Å²) >= 11 is 0. The molecule has 0 amide bonds. The third-order valence-corrected chi connectivity index (χ3v) is 3.40. The van der Waals surface area contributed by atoms with Crippen LogP contribution in [0.3, 0.4) is 0 Å². The second-order valence-corrected chi connectivity index (χ2v) is 5.32. The molecule has 94 valence electrons. The van der Waals surface area contributed by atoms with Crippen molar-refractivity contribution in [3.8, 4) is 5.88 Å². The summed E-state index contributed by atoms with van der Waals surface area (Å²) in [6.07, 6.45) is 5.50. The number of aliphatic hydroxyl groups excluding tert-OH is 1. The number of aliphatic hydroxyl groups is 1. The molecule has 1 aliphatic rings. The Morgan fingerprint density at radius 1 is 1.24 bits per heavy atom. The van der Waals surface area contributed by atoms with Crippen molar-refractivity contribution in [2.24, 2.45) is 11.8 Å². The summed E-state index contributed by atoms with van der Waals surface area (Å²) in [5, 5.41) is 8.94. The number of pyridine rings is 1. The molecule has 0 aromatic carbocycles. The number of aromatic nitrogens is 1. The summed E-state index contributed by atoms with van der Waals surface area (Å²) < 4.78 is 5.90. The standard InChI is InChI=1S/C14H21NO2/c1-10-5-11(2)7-13(6-10)17-14-4-3-12(9-16)8-15-14/h3-4,8,10-11,13,16H,5-7,9H2,1-2H3. The molecule has 1 heterocycles. The summed E-state index contributed by atoms with van der Waals surface area (Å²) in [4.78, 5) is 4.21. The lowest BCUT2D eigenvalue weighted by Crippen LogP contribution is -2.28. The van der Waals surface area contributed by atoms with Crippen molar-refractivity contribution < 1.29 is 9.84 Å². The molecular formula is C14H21NO2. The van der Waals surface area contributed by atoms with Crippen molar-refractivity contribution in [1.82, 2.24) is 4.98 Å². The van der Waals surface area contributed by atoms with E-state index in [2.05, 4.69) is 18.8 Å². The minimum atomic E-state index is 0.0325. The van der Waals surface area contributed by atoms with Gasteiger partial charge in [-0.2, -0.15) is 0 Å². The highest BCUT2D eigenvalue weighted by Crippen LogP contribution is 2.30. The Morgan fingerprint density at radius 3 is 2.47 bits per heavy atom. The average Bonchev–Trinajstić information content (AvgIpc) is 2.28. The van der Waals surface area contributed by atoms with Crippen LogP contribution in [-0.2, 0) is 6.61 Å². The summed E-state index contributed by atoms with van der Waals surface area (Å²) in [5.74, 6) is 2.15. The van der Waals surface area contributed by atoms with Gasteiger partial charge in [-0.1, -0.05) is 13.8 Å².